The summed E-state index contributed by atoms with van der Waals surface area (Å²) in [5.74, 6) is 0.869. The van der Waals surface area contributed by atoms with Crippen molar-refractivity contribution in [3.8, 4) is 0 Å². The molecule has 0 saturated carbocycles. The third-order valence-electron chi connectivity index (χ3n) is 5.94. The summed E-state index contributed by atoms with van der Waals surface area (Å²) in [6.07, 6.45) is 9.16. The highest BCUT2D eigenvalue weighted by atomic mass is 32.1. The van der Waals surface area contributed by atoms with E-state index in [4.69, 9.17) is 11.1 Å². The molecule has 5 rings (SSSR count). The van der Waals surface area contributed by atoms with E-state index in [2.05, 4.69) is 22.2 Å². The monoisotopic (exact) mass is 454 g/mol. The molecule has 168 valence electrons. The number of hydrogen-bond donors (Lipinski definition) is 3. The summed E-state index contributed by atoms with van der Waals surface area (Å²) in [4.78, 5) is 22.9. The number of hydrogen-bond acceptors (Lipinski definition) is 7. The third kappa shape index (κ3) is 4.57. The molecule has 1 unspecified atom stereocenters. The number of nitrogens with zero attached hydrogens (tertiary/aromatic N) is 3. The summed E-state index contributed by atoms with van der Waals surface area (Å²) in [6.45, 7) is 4.09. The molecule has 1 amide bonds. The van der Waals surface area contributed by atoms with E-state index in [1.165, 1.54) is 41.7 Å². The van der Waals surface area contributed by atoms with Gasteiger partial charge in [-0.15, -0.1) is 11.3 Å². The van der Waals surface area contributed by atoms with Gasteiger partial charge in [-0.2, -0.15) is 0 Å². The van der Waals surface area contributed by atoms with Crippen LogP contribution in [0, 0.1) is 17.1 Å². The Balaban J connectivity index is 0.000000260. The van der Waals surface area contributed by atoms with Crippen molar-refractivity contribution in [2.45, 2.75) is 39.0 Å². The number of benzene rings is 1. The second-order valence-corrected chi connectivity index (χ2v) is 9.42. The van der Waals surface area contributed by atoms with Crippen LogP contribution in [0.2, 0.25) is 0 Å². The van der Waals surface area contributed by atoms with Gasteiger partial charge in [-0.05, 0) is 55.7 Å². The standard InChI is InChI=1S/C17H16FN5S.C6H11NO/c18-11-6-12(20)9(7-19)5-13(11)23-16-15-10-3-1-2-4-14(10)24-17(15)22-8-21-16;1-6-2-3-7(4-6)5-8/h5-8,19H,1-4,20H2,(H,21,22,23);5-6H,2-4H2,1H3. The Hall–Kier alpha value is -3.07. The number of nitrogens with two attached hydrogens (primary N) is 1. The van der Waals surface area contributed by atoms with Crippen LogP contribution in [0.1, 0.15) is 42.2 Å². The normalized spacial score (nSPS) is 17.4. The lowest BCUT2D eigenvalue weighted by Crippen LogP contribution is -2.17. The van der Waals surface area contributed by atoms with Gasteiger partial charge in [-0.1, -0.05) is 6.92 Å². The van der Waals surface area contributed by atoms with Gasteiger partial charge in [0.1, 0.15) is 22.8 Å². The fraction of sp³-hybridized carbons (Fsp3) is 0.391. The SMILES string of the molecule is CC1CCN(C=O)C1.N=Cc1cc(Nc2ncnc3sc4c(c23)CCCC4)c(F)cc1N. The Labute approximate surface area is 190 Å². The molecule has 1 aromatic carbocycles. The molecule has 1 aliphatic heterocycles. The molecule has 7 nitrogen and oxygen atoms in total. The average molecular weight is 455 g/mol. The van der Waals surface area contributed by atoms with Crippen molar-refractivity contribution in [2.24, 2.45) is 5.92 Å². The molecule has 1 aliphatic carbocycles. The van der Waals surface area contributed by atoms with Gasteiger partial charge >= 0.3 is 0 Å². The molecular formula is C23H27FN6OS. The van der Waals surface area contributed by atoms with Gasteiger partial charge in [0.05, 0.1) is 11.1 Å². The smallest absolute Gasteiger partial charge is 0.209 e. The van der Waals surface area contributed by atoms with Crippen LogP contribution >= 0.6 is 11.3 Å². The number of anilines is 3. The highest BCUT2D eigenvalue weighted by molar-refractivity contribution is 7.19. The first-order valence-corrected chi connectivity index (χ1v) is 11.6. The Morgan fingerprint density at radius 2 is 2.12 bits per heavy atom. The Kier molecular flexibility index (Phi) is 6.64. The molecule has 9 heteroatoms. The van der Waals surface area contributed by atoms with Crippen LogP contribution in [0.25, 0.3) is 10.2 Å². The van der Waals surface area contributed by atoms with Crippen LogP contribution < -0.4 is 11.1 Å². The zero-order valence-corrected chi connectivity index (χ0v) is 18.8. The van der Waals surface area contributed by atoms with Crippen molar-refractivity contribution in [2.75, 3.05) is 24.1 Å². The Morgan fingerprint density at radius 1 is 1.31 bits per heavy atom. The minimum atomic E-state index is -0.464. The van der Waals surface area contributed by atoms with Gasteiger partial charge in [0, 0.05) is 35.4 Å². The van der Waals surface area contributed by atoms with Crippen molar-refractivity contribution in [3.63, 3.8) is 0 Å². The summed E-state index contributed by atoms with van der Waals surface area (Å²) in [7, 11) is 0. The summed E-state index contributed by atoms with van der Waals surface area (Å²) in [5, 5.41) is 11.4. The van der Waals surface area contributed by atoms with E-state index < -0.39 is 5.82 Å². The second kappa shape index (κ2) is 9.60. The largest absolute Gasteiger partial charge is 0.398 e. The number of nitrogen functional groups attached to an aromatic ring is 1. The zero-order valence-electron chi connectivity index (χ0n) is 18.0. The predicted molar refractivity (Wildman–Crippen MR) is 127 cm³/mol. The third-order valence-corrected chi connectivity index (χ3v) is 7.14. The number of fused-ring (bicyclic) bond motifs is 3. The van der Waals surface area contributed by atoms with Crippen LogP contribution in [0.15, 0.2) is 18.5 Å². The van der Waals surface area contributed by atoms with E-state index in [0.29, 0.717) is 11.4 Å². The van der Waals surface area contributed by atoms with Gasteiger partial charge in [0.15, 0.2) is 0 Å². The van der Waals surface area contributed by atoms with Crippen molar-refractivity contribution >= 4 is 51.4 Å². The maximum atomic E-state index is 14.3. The van der Waals surface area contributed by atoms with Crippen molar-refractivity contribution < 1.29 is 9.18 Å². The van der Waals surface area contributed by atoms with Gasteiger partial charge in [0.25, 0.3) is 0 Å². The first-order chi connectivity index (χ1) is 15.5. The van der Waals surface area contributed by atoms with Crippen LogP contribution in [0.4, 0.5) is 21.6 Å². The number of aromatic nitrogens is 2. The first kappa shape index (κ1) is 22.1. The Bertz CT molecular complexity index is 1150. The van der Waals surface area contributed by atoms with Crippen LogP contribution in [-0.2, 0) is 17.6 Å². The number of carbonyl (C=O) groups is 1. The molecule has 0 bridgehead atoms. The summed E-state index contributed by atoms with van der Waals surface area (Å²) < 4.78 is 14.3. The van der Waals surface area contributed by atoms with Crippen LogP contribution in [-0.4, -0.2) is 40.6 Å². The minimum Gasteiger partial charge on any atom is -0.398 e. The molecule has 1 saturated heterocycles. The van der Waals surface area contributed by atoms with E-state index >= 15 is 0 Å². The van der Waals surface area contributed by atoms with Crippen molar-refractivity contribution in [1.82, 2.24) is 14.9 Å². The molecule has 2 aromatic heterocycles. The highest BCUT2D eigenvalue weighted by Crippen LogP contribution is 2.39. The van der Waals surface area contributed by atoms with Gasteiger partial charge in [-0.3, -0.25) is 4.79 Å². The summed E-state index contributed by atoms with van der Waals surface area (Å²) in [6, 6.07) is 2.76. The number of rotatable bonds is 4. The lowest BCUT2D eigenvalue weighted by atomic mass is 9.97. The molecule has 32 heavy (non-hydrogen) atoms. The maximum absolute atomic E-state index is 14.3. The topological polar surface area (TPSA) is 108 Å². The van der Waals surface area contributed by atoms with E-state index in [0.717, 1.165) is 61.1 Å². The molecule has 1 atom stereocenters. The van der Waals surface area contributed by atoms with E-state index in [9.17, 15) is 9.18 Å². The van der Waals surface area contributed by atoms with Gasteiger partial charge < -0.3 is 21.4 Å². The summed E-state index contributed by atoms with van der Waals surface area (Å²) >= 11 is 1.70. The average Bonchev–Trinajstić information content (AvgIpc) is 3.39. The molecular weight excluding hydrogens is 427 g/mol. The number of halogens is 1. The quantitative estimate of drug-likeness (QED) is 0.305. The molecule has 3 heterocycles. The number of nitrogens with one attached hydrogen (secondary N) is 2. The van der Waals surface area contributed by atoms with Crippen LogP contribution in [0.3, 0.4) is 0 Å². The van der Waals surface area contributed by atoms with Gasteiger partial charge in [0.2, 0.25) is 6.41 Å². The van der Waals surface area contributed by atoms with E-state index in [-0.39, 0.29) is 11.4 Å². The number of likely N-dealkylation sites (tertiary alicyclic amines) is 1. The lowest BCUT2D eigenvalue weighted by molar-refractivity contribution is -0.117. The lowest BCUT2D eigenvalue weighted by Gasteiger charge is -2.13. The molecule has 0 radical (unpaired) electrons. The predicted octanol–water partition coefficient (Wildman–Crippen LogP) is 4.52. The fourth-order valence-corrected chi connectivity index (χ4v) is 5.43. The number of amides is 1. The van der Waals surface area contributed by atoms with Gasteiger partial charge in [-0.25, -0.2) is 14.4 Å². The minimum absolute atomic E-state index is 0.244. The van der Waals surface area contributed by atoms with E-state index in [1.807, 2.05) is 4.90 Å². The second-order valence-electron chi connectivity index (χ2n) is 8.34. The van der Waals surface area contributed by atoms with Crippen molar-refractivity contribution in [1.29, 1.82) is 5.41 Å². The fourth-order valence-electron chi connectivity index (χ4n) is 4.20. The molecule has 4 N–H and O–H groups in total. The number of thiophene rings is 1. The van der Waals surface area contributed by atoms with E-state index in [1.54, 1.807) is 11.3 Å². The van der Waals surface area contributed by atoms with Crippen molar-refractivity contribution in [3.05, 3.63) is 40.3 Å². The molecule has 1 fully saturated rings. The molecule has 2 aliphatic rings. The first-order valence-electron chi connectivity index (χ1n) is 10.8. The molecule has 0 spiro atoms. The zero-order chi connectivity index (χ0) is 22.7. The number of carbonyl (C=O) groups excluding carboxylic acids is 1. The number of aryl methyl sites for hydroxylation is 2. The summed E-state index contributed by atoms with van der Waals surface area (Å²) in [5.41, 5.74) is 7.98. The maximum Gasteiger partial charge on any atom is 0.209 e. The highest BCUT2D eigenvalue weighted by Gasteiger charge is 2.20. The van der Waals surface area contributed by atoms with Crippen LogP contribution in [0.5, 0.6) is 0 Å². The Morgan fingerprint density at radius 3 is 2.81 bits per heavy atom. The molecule has 3 aromatic rings.